The van der Waals surface area contributed by atoms with E-state index in [1.165, 1.54) is 6.54 Å². The molecule has 0 unspecified atom stereocenters. The normalized spacial score (nSPS) is 43.8. The van der Waals surface area contributed by atoms with Gasteiger partial charge < -0.3 is 10.2 Å². The van der Waals surface area contributed by atoms with E-state index in [0.29, 0.717) is 18.1 Å². The first-order valence-corrected chi connectivity index (χ1v) is 4.07. The Balaban J connectivity index is 2.49. The highest BCUT2D eigenvalue weighted by Crippen LogP contribution is 2.08. The Morgan fingerprint density at radius 1 is 1.30 bits per heavy atom. The van der Waals surface area contributed by atoms with Crippen molar-refractivity contribution >= 4 is 0 Å². The van der Waals surface area contributed by atoms with Crippen LogP contribution in [0.5, 0.6) is 0 Å². The van der Waals surface area contributed by atoms with Gasteiger partial charge in [-0.3, -0.25) is 0 Å². The molecule has 0 bridgehead atoms. The summed E-state index contributed by atoms with van der Waals surface area (Å²) in [5.41, 5.74) is 0. The summed E-state index contributed by atoms with van der Waals surface area (Å²) in [6.07, 6.45) is 0. The molecule has 0 aliphatic carbocycles. The largest absolute Gasteiger partial charge is 0.309 e. The lowest BCUT2D eigenvalue weighted by Gasteiger charge is -2.39. The van der Waals surface area contributed by atoms with Crippen LogP contribution in [0.25, 0.3) is 0 Å². The van der Waals surface area contributed by atoms with Crippen LogP contribution in [0.15, 0.2) is 0 Å². The Labute approximate surface area is 63.6 Å². The smallest absolute Gasteiger partial charge is 0.0216 e. The SMILES string of the molecule is C[C@@H]1CN(C)[C@H](C)[C@@H](C)N1. The maximum Gasteiger partial charge on any atom is 0.0216 e. The van der Waals surface area contributed by atoms with Crippen molar-refractivity contribution in [3.8, 4) is 0 Å². The van der Waals surface area contributed by atoms with Gasteiger partial charge in [0.25, 0.3) is 0 Å². The van der Waals surface area contributed by atoms with Crippen molar-refractivity contribution in [2.45, 2.75) is 38.9 Å². The van der Waals surface area contributed by atoms with E-state index < -0.39 is 0 Å². The fraction of sp³-hybridized carbons (Fsp3) is 1.00. The summed E-state index contributed by atoms with van der Waals surface area (Å²) >= 11 is 0. The topological polar surface area (TPSA) is 15.3 Å². The van der Waals surface area contributed by atoms with Crippen molar-refractivity contribution in [2.75, 3.05) is 13.6 Å². The van der Waals surface area contributed by atoms with Crippen LogP contribution in [0.3, 0.4) is 0 Å². The van der Waals surface area contributed by atoms with E-state index in [2.05, 4.69) is 38.0 Å². The molecule has 1 rings (SSSR count). The Bertz CT molecular complexity index is 102. The van der Waals surface area contributed by atoms with E-state index in [4.69, 9.17) is 0 Å². The molecule has 1 aliphatic heterocycles. The van der Waals surface area contributed by atoms with E-state index in [1.54, 1.807) is 0 Å². The van der Waals surface area contributed by atoms with Crippen molar-refractivity contribution in [1.82, 2.24) is 10.2 Å². The van der Waals surface area contributed by atoms with E-state index in [9.17, 15) is 0 Å². The number of nitrogens with zero attached hydrogens (tertiary/aromatic N) is 1. The van der Waals surface area contributed by atoms with Gasteiger partial charge in [-0.1, -0.05) is 0 Å². The molecule has 1 saturated heterocycles. The van der Waals surface area contributed by atoms with Crippen LogP contribution >= 0.6 is 0 Å². The molecule has 0 amide bonds. The lowest BCUT2D eigenvalue weighted by atomic mass is 10.1. The second-order valence-corrected chi connectivity index (χ2v) is 3.54. The van der Waals surface area contributed by atoms with Crippen LogP contribution in [0, 0.1) is 0 Å². The maximum atomic E-state index is 3.52. The predicted octanol–water partition coefficient (Wildman–Crippen LogP) is 0.687. The quantitative estimate of drug-likeness (QED) is 0.535. The van der Waals surface area contributed by atoms with Gasteiger partial charge >= 0.3 is 0 Å². The first-order valence-electron chi connectivity index (χ1n) is 4.07. The molecule has 10 heavy (non-hydrogen) atoms. The van der Waals surface area contributed by atoms with Crippen molar-refractivity contribution in [3.63, 3.8) is 0 Å². The van der Waals surface area contributed by atoms with Crippen LogP contribution in [0.1, 0.15) is 20.8 Å². The number of hydrogen-bond donors (Lipinski definition) is 1. The van der Waals surface area contributed by atoms with Crippen molar-refractivity contribution < 1.29 is 0 Å². The zero-order valence-corrected chi connectivity index (χ0v) is 7.39. The van der Waals surface area contributed by atoms with Gasteiger partial charge in [-0.2, -0.15) is 0 Å². The zero-order valence-electron chi connectivity index (χ0n) is 7.39. The molecule has 0 spiro atoms. The molecule has 60 valence electrons. The highest BCUT2D eigenvalue weighted by Gasteiger charge is 2.24. The number of likely N-dealkylation sites (N-methyl/N-ethyl adjacent to an activating group) is 1. The average Bonchev–Trinajstić information content (AvgIpc) is 1.82. The molecular formula is C8H18N2. The third-order valence-corrected chi connectivity index (χ3v) is 2.53. The molecule has 0 aromatic rings. The molecular weight excluding hydrogens is 124 g/mol. The fourth-order valence-electron chi connectivity index (χ4n) is 1.62. The van der Waals surface area contributed by atoms with E-state index in [-0.39, 0.29) is 0 Å². The Hall–Kier alpha value is -0.0800. The monoisotopic (exact) mass is 142 g/mol. The van der Waals surface area contributed by atoms with Crippen molar-refractivity contribution in [2.24, 2.45) is 0 Å². The van der Waals surface area contributed by atoms with Gasteiger partial charge in [0.2, 0.25) is 0 Å². The standard InChI is InChI=1S/C8H18N2/c1-6-5-10(4)8(3)7(2)9-6/h6-9H,5H2,1-4H3/t6-,7-,8-/m1/s1. The molecule has 3 atom stereocenters. The Morgan fingerprint density at radius 3 is 2.40 bits per heavy atom. The highest BCUT2D eigenvalue weighted by atomic mass is 15.2. The third-order valence-electron chi connectivity index (χ3n) is 2.53. The summed E-state index contributed by atoms with van der Waals surface area (Å²) in [5.74, 6) is 0. The van der Waals surface area contributed by atoms with Crippen LogP contribution in [-0.2, 0) is 0 Å². The first kappa shape index (κ1) is 8.02. The second kappa shape index (κ2) is 2.89. The number of hydrogen-bond acceptors (Lipinski definition) is 2. The molecule has 0 saturated carbocycles. The maximum absolute atomic E-state index is 3.52. The summed E-state index contributed by atoms with van der Waals surface area (Å²) in [5, 5.41) is 3.52. The molecule has 0 aromatic carbocycles. The second-order valence-electron chi connectivity index (χ2n) is 3.54. The molecule has 2 nitrogen and oxygen atoms in total. The van der Waals surface area contributed by atoms with E-state index in [1.807, 2.05) is 0 Å². The fourth-order valence-corrected chi connectivity index (χ4v) is 1.62. The molecule has 1 aliphatic rings. The van der Waals surface area contributed by atoms with Crippen LogP contribution in [0.2, 0.25) is 0 Å². The molecule has 1 heterocycles. The molecule has 1 fully saturated rings. The number of piperazine rings is 1. The number of nitrogens with one attached hydrogen (secondary N) is 1. The Kier molecular flexibility index (Phi) is 2.32. The molecule has 2 heteroatoms. The molecule has 0 radical (unpaired) electrons. The Morgan fingerprint density at radius 2 is 1.90 bits per heavy atom. The first-order chi connectivity index (χ1) is 4.61. The van der Waals surface area contributed by atoms with Gasteiger partial charge in [0.15, 0.2) is 0 Å². The minimum atomic E-state index is 0.633. The minimum Gasteiger partial charge on any atom is -0.309 e. The van der Waals surface area contributed by atoms with Gasteiger partial charge in [-0.25, -0.2) is 0 Å². The zero-order chi connectivity index (χ0) is 7.72. The van der Waals surface area contributed by atoms with Gasteiger partial charge in [-0.15, -0.1) is 0 Å². The minimum absolute atomic E-state index is 0.633. The number of rotatable bonds is 0. The summed E-state index contributed by atoms with van der Waals surface area (Å²) in [6.45, 7) is 7.92. The highest BCUT2D eigenvalue weighted by molar-refractivity contribution is 4.85. The van der Waals surface area contributed by atoms with Gasteiger partial charge in [0.1, 0.15) is 0 Å². The predicted molar refractivity (Wildman–Crippen MR) is 44.2 cm³/mol. The van der Waals surface area contributed by atoms with Crippen LogP contribution in [-0.4, -0.2) is 36.6 Å². The average molecular weight is 142 g/mol. The summed E-state index contributed by atoms with van der Waals surface area (Å²) in [4.78, 5) is 2.41. The molecule has 1 N–H and O–H groups in total. The van der Waals surface area contributed by atoms with E-state index in [0.717, 1.165) is 0 Å². The summed E-state index contributed by atoms with van der Waals surface area (Å²) in [6, 6.07) is 1.96. The van der Waals surface area contributed by atoms with Crippen molar-refractivity contribution in [3.05, 3.63) is 0 Å². The van der Waals surface area contributed by atoms with Gasteiger partial charge in [0.05, 0.1) is 0 Å². The van der Waals surface area contributed by atoms with Gasteiger partial charge in [0, 0.05) is 24.7 Å². The molecule has 0 aromatic heterocycles. The third kappa shape index (κ3) is 1.50. The van der Waals surface area contributed by atoms with Crippen molar-refractivity contribution in [1.29, 1.82) is 0 Å². The van der Waals surface area contributed by atoms with Crippen LogP contribution < -0.4 is 5.32 Å². The van der Waals surface area contributed by atoms with E-state index >= 15 is 0 Å². The lowest BCUT2D eigenvalue weighted by molar-refractivity contribution is 0.141. The lowest BCUT2D eigenvalue weighted by Crippen LogP contribution is -2.57. The van der Waals surface area contributed by atoms with Crippen LogP contribution in [0.4, 0.5) is 0 Å². The summed E-state index contributed by atoms with van der Waals surface area (Å²) < 4.78 is 0. The summed E-state index contributed by atoms with van der Waals surface area (Å²) in [7, 11) is 2.19. The van der Waals surface area contributed by atoms with Gasteiger partial charge in [-0.05, 0) is 27.8 Å².